The number of aryl methyl sites for hydroxylation is 2. The molecule has 1 unspecified atom stereocenters. The minimum absolute atomic E-state index is 0.626. The molecule has 0 aliphatic heterocycles. The molecule has 0 aromatic carbocycles. The van der Waals surface area contributed by atoms with Crippen LogP contribution in [0.1, 0.15) is 50.4 Å². The second-order valence-electron chi connectivity index (χ2n) is 5.48. The summed E-state index contributed by atoms with van der Waals surface area (Å²) in [5, 5.41) is 9.37. The summed E-state index contributed by atoms with van der Waals surface area (Å²) in [5.41, 5.74) is 3.22. The molecule has 1 heterocycles. The number of nitriles is 1. The Hall–Kier alpha value is -1.56. The first-order chi connectivity index (χ1) is 9.19. The van der Waals surface area contributed by atoms with Crippen molar-refractivity contribution in [3.05, 3.63) is 22.9 Å². The van der Waals surface area contributed by atoms with Gasteiger partial charge in [0, 0.05) is 18.8 Å². The topological polar surface area (TPSA) is 39.9 Å². The van der Waals surface area contributed by atoms with Crippen molar-refractivity contribution in [1.82, 2.24) is 4.98 Å². The van der Waals surface area contributed by atoms with Crippen LogP contribution in [0.4, 0.5) is 5.82 Å². The molecule has 1 aliphatic carbocycles. The molecule has 0 saturated carbocycles. The van der Waals surface area contributed by atoms with Crippen LogP contribution >= 0.6 is 0 Å². The highest BCUT2D eigenvalue weighted by Crippen LogP contribution is 2.27. The number of hydrogen-bond donors (Lipinski definition) is 0. The maximum absolute atomic E-state index is 9.37. The Morgan fingerprint density at radius 3 is 2.84 bits per heavy atom. The van der Waals surface area contributed by atoms with Gasteiger partial charge >= 0.3 is 0 Å². The van der Waals surface area contributed by atoms with Gasteiger partial charge < -0.3 is 4.90 Å². The zero-order valence-corrected chi connectivity index (χ0v) is 12.2. The summed E-state index contributed by atoms with van der Waals surface area (Å²) in [4.78, 5) is 7.04. The highest BCUT2D eigenvalue weighted by atomic mass is 15.2. The molecular formula is C16H23N3. The van der Waals surface area contributed by atoms with Crippen LogP contribution in [0.25, 0.3) is 0 Å². The number of fused-ring (bicyclic) bond motifs is 1. The molecule has 102 valence electrons. The van der Waals surface area contributed by atoms with Gasteiger partial charge in [-0.05, 0) is 43.7 Å². The monoisotopic (exact) mass is 257 g/mol. The lowest BCUT2D eigenvalue weighted by Gasteiger charge is -2.26. The number of hydrogen-bond acceptors (Lipinski definition) is 3. The average molecular weight is 257 g/mol. The maximum atomic E-state index is 9.37. The largest absolute Gasteiger partial charge is 0.356 e. The molecule has 19 heavy (non-hydrogen) atoms. The van der Waals surface area contributed by atoms with Crippen molar-refractivity contribution in [2.24, 2.45) is 5.92 Å². The average Bonchev–Trinajstić information content (AvgIpc) is 2.90. The fraction of sp³-hybridized carbons (Fsp3) is 0.625. The molecule has 0 N–H and O–H groups in total. The molecule has 0 saturated heterocycles. The first-order valence-electron chi connectivity index (χ1n) is 7.37. The van der Waals surface area contributed by atoms with Gasteiger partial charge in [0.05, 0.1) is 5.56 Å². The number of aromatic nitrogens is 1. The van der Waals surface area contributed by atoms with E-state index in [2.05, 4.69) is 37.8 Å². The van der Waals surface area contributed by atoms with Crippen molar-refractivity contribution in [1.29, 1.82) is 5.26 Å². The summed E-state index contributed by atoms with van der Waals surface area (Å²) in [6.45, 7) is 8.48. The van der Waals surface area contributed by atoms with Crippen LogP contribution < -0.4 is 4.90 Å². The third-order valence-corrected chi connectivity index (χ3v) is 4.06. The molecule has 1 aliphatic rings. The minimum Gasteiger partial charge on any atom is -0.356 e. The quantitative estimate of drug-likeness (QED) is 0.812. The Kier molecular flexibility index (Phi) is 4.42. The minimum atomic E-state index is 0.626. The van der Waals surface area contributed by atoms with Crippen LogP contribution in [0.3, 0.4) is 0 Å². The van der Waals surface area contributed by atoms with Gasteiger partial charge in [0.15, 0.2) is 0 Å². The van der Waals surface area contributed by atoms with E-state index >= 15 is 0 Å². The normalized spacial score (nSPS) is 14.8. The Morgan fingerprint density at radius 1 is 1.42 bits per heavy atom. The fourth-order valence-corrected chi connectivity index (χ4v) is 2.66. The van der Waals surface area contributed by atoms with Crippen molar-refractivity contribution >= 4 is 5.82 Å². The van der Waals surface area contributed by atoms with Crippen molar-refractivity contribution in [3.63, 3.8) is 0 Å². The third kappa shape index (κ3) is 2.89. The van der Waals surface area contributed by atoms with Crippen LogP contribution in [0.15, 0.2) is 6.07 Å². The molecular weight excluding hydrogens is 234 g/mol. The number of nitrogens with zero attached hydrogens (tertiary/aromatic N) is 3. The van der Waals surface area contributed by atoms with E-state index in [4.69, 9.17) is 4.98 Å². The lowest BCUT2D eigenvalue weighted by atomic mass is 10.1. The predicted octanol–water partition coefficient (Wildman–Crippen LogP) is 3.31. The van der Waals surface area contributed by atoms with Crippen molar-refractivity contribution in [3.8, 4) is 6.07 Å². The van der Waals surface area contributed by atoms with Crippen LogP contribution in [-0.2, 0) is 12.8 Å². The molecule has 0 fully saturated rings. The number of rotatable bonds is 5. The first kappa shape index (κ1) is 13.9. The van der Waals surface area contributed by atoms with Crippen molar-refractivity contribution in [2.75, 3.05) is 18.0 Å². The molecule has 0 radical (unpaired) electrons. The third-order valence-electron chi connectivity index (χ3n) is 4.06. The van der Waals surface area contributed by atoms with Gasteiger partial charge in [-0.25, -0.2) is 4.98 Å². The van der Waals surface area contributed by atoms with Crippen LogP contribution in [0.5, 0.6) is 0 Å². The molecule has 3 nitrogen and oxygen atoms in total. The van der Waals surface area contributed by atoms with Gasteiger partial charge in [0.25, 0.3) is 0 Å². The van der Waals surface area contributed by atoms with Crippen LogP contribution in [0, 0.1) is 17.2 Å². The highest BCUT2D eigenvalue weighted by Gasteiger charge is 2.20. The Bertz CT molecular complexity index is 488. The molecule has 2 rings (SSSR count). The number of anilines is 1. The standard InChI is InChI=1S/C16H23N3/c1-4-12(3)11-19(5-2)16-14(10-17)9-13-7-6-8-15(13)18-16/h9,12H,4-8,11H2,1-3H3. The number of pyridine rings is 1. The second kappa shape index (κ2) is 6.06. The molecule has 1 aromatic rings. The summed E-state index contributed by atoms with van der Waals surface area (Å²) in [5.74, 6) is 1.52. The summed E-state index contributed by atoms with van der Waals surface area (Å²) >= 11 is 0. The molecule has 1 aromatic heterocycles. The van der Waals surface area contributed by atoms with E-state index in [9.17, 15) is 5.26 Å². The Morgan fingerprint density at radius 2 is 2.21 bits per heavy atom. The van der Waals surface area contributed by atoms with E-state index in [-0.39, 0.29) is 0 Å². The first-order valence-corrected chi connectivity index (χ1v) is 7.37. The van der Waals surface area contributed by atoms with E-state index in [1.807, 2.05) is 0 Å². The Balaban J connectivity index is 2.34. The van der Waals surface area contributed by atoms with Crippen LogP contribution in [0.2, 0.25) is 0 Å². The molecule has 0 bridgehead atoms. The van der Waals surface area contributed by atoms with Gasteiger partial charge in [-0.15, -0.1) is 0 Å². The SMILES string of the molecule is CCC(C)CN(CC)c1nc2c(cc1C#N)CCC2. The summed E-state index contributed by atoms with van der Waals surface area (Å²) < 4.78 is 0. The van der Waals surface area contributed by atoms with E-state index in [1.54, 1.807) is 0 Å². The predicted molar refractivity (Wildman–Crippen MR) is 78.3 cm³/mol. The van der Waals surface area contributed by atoms with E-state index in [0.717, 1.165) is 43.7 Å². The van der Waals surface area contributed by atoms with Crippen molar-refractivity contribution in [2.45, 2.75) is 46.5 Å². The zero-order valence-electron chi connectivity index (χ0n) is 12.2. The zero-order chi connectivity index (χ0) is 13.8. The van der Waals surface area contributed by atoms with Crippen molar-refractivity contribution < 1.29 is 0 Å². The smallest absolute Gasteiger partial charge is 0.146 e. The molecule has 0 amide bonds. The van der Waals surface area contributed by atoms with Gasteiger partial charge in [-0.2, -0.15) is 5.26 Å². The van der Waals surface area contributed by atoms with E-state index in [0.29, 0.717) is 5.92 Å². The molecule has 1 atom stereocenters. The molecule has 0 spiro atoms. The second-order valence-corrected chi connectivity index (χ2v) is 5.48. The summed E-state index contributed by atoms with van der Waals surface area (Å²) in [6, 6.07) is 4.39. The van der Waals surface area contributed by atoms with Gasteiger partial charge in [-0.3, -0.25) is 0 Å². The molecule has 3 heteroatoms. The summed E-state index contributed by atoms with van der Waals surface area (Å²) in [7, 11) is 0. The summed E-state index contributed by atoms with van der Waals surface area (Å²) in [6.07, 6.45) is 4.47. The van der Waals surface area contributed by atoms with Gasteiger partial charge in [-0.1, -0.05) is 20.3 Å². The highest BCUT2D eigenvalue weighted by molar-refractivity contribution is 5.56. The van der Waals surface area contributed by atoms with E-state index < -0.39 is 0 Å². The van der Waals surface area contributed by atoms with E-state index in [1.165, 1.54) is 17.7 Å². The fourth-order valence-electron chi connectivity index (χ4n) is 2.66. The lowest BCUT2D eigenvalue weighted by Crippen LogP contribution is -2.30. The van der Waals surface area contributed by atoms with Crippen LogP contribution in [-0.4, -0.2) is 18.1 Å². The maximum Gasteiger partial charge on any atom is 0.146 e. The lowest BCUT2D eigenvalue weighted by molar-refractivity contribution is 0.545. The Labute approximate surface area is 116 Å². The van der Waals surface area contributed by atoms with Gasteiger partial charge in [0.2, 0.25) is 0 Å². The van der Waals surface area contributed by atoms with Gasteiger partial charge in [0.1, 0.15) is 11.9 Å².